The van der Waals surface area contributed by atoms with Crippen LogP contribution in [-0.2, 0) is 5.54 Å². The lowest BCUT2D eigenvalue weighted by Gasteiger charge is -2.45. The molecular formula is C15H20N2O4. The van der Waals surface area contributed by atoms with E-state index in [1.54, 1.807) is 18.9 Å². The highest BCUT2D eigenvalue weighted by atomic mass is 16.5. The topological polar surface area (TPSA) is 71.8 Å². The summed E-state index contributed by atoms with van der Waals surface area (Å²) in [5.41, 5.74) is 0.488. The fourth-order valence-corrected chi connectivity index (χ4v) is 3.79. The van der Waals surface area contributed by atoms with E-state index in [0.717, 1.165) is 0 Å². The summed E-state index contributed by atoms with van der Waals surface area (Å²) in [7, 11) is 3.11. The maximum atomic E-state index is 12.6. The first kappa shape index (κ1) is 14.1. The Bertz CT molecular complexity index is 709. The number of amides is 1. The van der Waals surface area contributed by atoms with Crippen molar-refractivity contribution in [2.75, 3.05) is 14.2 Å². The summed E-state index contributed by atoms with van der Waals surface area (Å²) < 4.78 is 7.06. The van der Waals surface area contributed by atoms with Crippen LogP contribution in [0.1, 0.15) is 48.1 Å². The molecule has 6 heteroatoms. The summed E-state index contributed by atoms with van der Waals surface area (Å²) in [5.74, 6) is -0.176. The number of likely N-dealkylation sites (N-methyl/N-ethyl adjacent to an activating group) is 1. The van der Waals surface area contributed by atoms with E-state index >= 15 is 0 Å². The number of carbonyl (C=O) groups is 1. The van der Waals surface area contributed by atoms with Gasteiger partial charge in [0.1, 0.15) is 0 Å². The van der Waals surface area contributed by atoms with Crippen molar-refractivity contribution in [2.24, 2.45) is 0 Å². The third kappa shape index (κ3) is 1.46. The largest absolute Gasteiger partial charge is 0.491 e. The van der Waals surface area contributed by atoms with Crippen LogP contribution in [0.5, 0.6) is 5.75 Å². The molecule has 3 atom stereocenters. The number of rotatable bonds is 1. The standard InChI is InChI=1S/C15H20N2O4/c1-7-10-9(18)6-15(3)8(2)16(4)14(20)11(17(10)15)13(21-5)12(7)19/h8-9,18H,6H2,1-5H3. The predicted octanol–water partition coefficient (Wildman–Crippen LogP) is 0.792. The molecule has 2 aliphatic heterocycles. The minimum Gasteiger partial charge on any atom is -0.491 e. The fourth-order valence-electron chi connectivity index (χ4n) is 3.79. The van der Waals surface area contributed by atoms with Gasteiger partial charge < -0.3 is 19.3 Å². The van der Waals surface area contributed by atoms with E-state index in [-0.39, 0.29) is 28.8 Å². The van der Waals surface area contributed by atoms with E-state index < -0.39 is 11.6 Å². The van der Waals surface area contributed by atoms with Gasteiger partial charge in [-0.3, -0.25) is 9.59 Å². The third-order valence-electron chi connectivity index (χ3n) is 5.25. The summed E-state index contributed by atoms with van der Waals surface area (Å²) in [5, 5.41) is 10.4. The zero-order chi connectivity index (χ0) is 15.7. The van der Waals surface area contributed by atoms with Crippen molar-refractivity contribution in [3.05, 3.63) is 27.2 Å². The second-order valence-corrected chi connectivity index (χ2v) is 6.23. The van der Waals surface area contributed by atoms with Crippen LogP contribution >= 0.6 is 0 Å². The Kier molecular flexibility index (Phi) is 2.76. The first-order valence-corrected chi connectivity index (χ1v) is 7.05. The first-order chi connectivity index (χ1) is 9.75. The van der Waals surface area contributed by atoms with E-state index in [1.165, 1.54) is 7.11 Å². The minimum absolute atomic E-state index is 0.0697. The van der Waals surface area contributed by atoms with Crippen LogP contribution in [0.15, 0.2) is 4.79 Å². The van der Waals surface area contributed by atoms with Gasteiger partial charge in [0.05, 0.1) is 30.5 Å². The van der Waals surface area contributed by atoms with Gasteiger partial charge in [-0.15, -0.1) is 0 Å². The van der Waals surface area contributed by atoms with Crippen molar-refractivity contribution in [2.45, 2.75) is 44.9 Å². The monoisotopic (exact) mass is 292 g/mol. The highest BCUT2D eigenvalue weighted by Crippen LogP contribution is 2.48. The number of aromatic nitrogens is 1. The van der Waals surface area contributed by atoms with Crippen LogP contribution in [0.4, 0.5) is 0 Å². The number of hydrogen-bond donors (Lipinski definition) is 1. The lowest BCUT2D eigenvalue weighted by Crippen LogP contribution is -2.56. The van der Waals surface area contributed by atoms with Gasteiger partial charge in [-0.2, -0.15) is 0 Å². The van der Waals surface area contributed by atoms with E-state index in [9.17, 15) is 14.7 Å². The zero-order valence-electron chi connectivity index (χ0n) is 12.9. The Morgan fingerprint density at radius 1 is 1.38 bits per heavy atom. The average Bonchev–Trinajstić information content (AvgIpc) is 2.71. The maximum absolute atomic E-state index is 12.6. The normalized spacial score (nSPS) is 30.6. The molecule has 6 nitrogen and oxygen atoms in total. The highest BCUT2D eigenvalue weighted by Gasteiger charge is 2.52. The molecule has 1 aromatic rings. The molecule has 3 rings (SSSR count). The number of ether oxygens (including phenoxy) is 1. The molecule has 0 spiro atoms. The molecule has 21 heavy (non-hydrogen) atoms. The molecule has 0 radical (unpaired) electrons. The van der Waals surface area contributed by atoms with Crippen molar-refractivity contribution >= 4 is 5.91 Å². The average molecular weight is 292 g/mol. The number of nitrogens with zero attached hydrogens (tertiary/aromatic N) is 2. The molecule has 3 heterocycles. The molecule has 2 aliphatic rings. The van der Waals surface area contributed by atoms with Gasteiger partial charge in [-0.1, -0.05) is 0 Å². The van der Waals surface area contributed by atoms with E-state index in [1.807, 2.05) is 18.4 Å². The number of carbonyl (C=O) groups excluding carboxylic acids is 1. The van der Waals surface area contributed by atoms with E-state index in [0.29, 0.717) is 17.7 Å². The summed E-state index contributed by atoms with van der Waals surface area (Å²) in [6.45, 7) is 5.64. The number of hydrogen-bond acceptors (Lipinski definition) is 4. The van der Waals surface area contributed by atoms with Gasteiger partial charge in [-0.25, -0.2) is 0 Å². The molecule has 0 bridgehead atoms. The van der Waals surface area contributed by atoms with Crippen LogP contribution in [-0.4, -0.2) is 40.7 Å². The second kappa shape index (κ2) is 4.10. The van der Waals surface area contributed by atoms with Crippen molar-refractivity contribution in [1.82, 2.24) is 9.47 Å². The van der Waals surface area contributed by atoms with Crippen LogP contribution in [0.3, 0.4) is 0 Å². The van der Waals surface area contributed by atoms with Gasteiger partial charge >= 0.3 is 0 Å². The van der Waals surface area contributed by atoms with Gasteiger partial charge in [0.25, 0.3) is 5.91 Å². The first-order valence-electron chi connectivity index (χ1n) is 7.05. The Morgan fingerprint density at radius 3 is 2.57 bits per heavy atom. The molecular weight excluding hydrogens is 272 g/mol. The van der Waals surface area contributed by atoms with Gasteiger partial charge in [-0.05, 0) is 20.8 Å². The number of aliphatic hydroxyl groups is 1. The summed E-state index contributed by atoms with van der Waals surface area (Å²) >= 11 is 0. The minimum atomic E-state index is -0.742. The van der Waals surface area contributed by atoms with Crippen molar-refractivity contribution in [3.8, 4) is 5.75 Å². The smallest absolute Gasteiger partial charge is 0.274 e. The van der Waals surface area contributed by atoms with Crippen LogP contribution in [0.2, 0.25) is 0 Å². The maximum Gasteiger partial charge on any atom is 0.274 e. The Labute approximate surface area is 122 Å². The molecule has 3 unspecified atom stereocenters. The lowest BCUT2D eigenvalue weighted by molar-refractivity contribution is 0.0410. The van der Waals surface area contributed by atoms with Gasteiger partial charge in [0, 0.05) is 19.0 Å². The number of pyridine rings is 1. The predicted molar refractivity (Wildman–Crippen MR) is 76.8 cm³/mol. The molecule has 0 aliphatic carbocycles. The Morgan fingerprint density at radius 2 is 2.00 bits per heavy atom. The quantitative estimate of drug-likeness (QED) is 0.831. The van der Waals surface area contributed by atoms with E-state index in [2.05, 4.69) is 0 Å². The zero-order valence-corrected chi connectivity index (χ0v) is 12.9. The molecule has 0 saturated carbocycles. The SMILES string of the molecule is COc1c2n3c(c(C)c1=O)C(O)CC3(C)C(C)N(C)C2=O. The molecule has 1 amide bonds. The summed E-state index contributed by atoms with van der Waals surface area (Å²) in [4.78, 5) is 26.7. The highest BCUT2D eigenvalue weighted by molar-refractivity contribution is 5.96. The van der Waals surface area contributed by atoms with Crippen LogP contribution in [0.25, 0.3) is 0 Å². The lowest BCUT2D eigenvalue weighted by atomic mass is 9.87. The molecule has 0 fully saturated rings. The number of aliphatic hydroxyl groups excluding tert-OH is 1. The molecule has 0 saturated heterocycles. The van der Waals surface area contributed by atoms with Crippen molar-refractivity contribution < 1.29 is 14.6 Å². The van der Waals surface area contributed by atoms with Crippen LogP contribution in [0, 0.1) is 6.92 Å². The second-order valence-electron chi connectivity index (χ2n) is 6.23. The summed E-state index contributed by atoms with van der Waals surface area (Å²) in [6.07, 6.45) is -0.263. The Hall–Kier alpha value is -1.82. The van der Waals surface area contributed by atoms with Crippen molar-refractivity contribution in [1.29, 1.82) is 0 Å². The molecule has 114 valence electrons. The molecule has 1 N–H and O–H groups in total. The molecule has 0 aromatic carbocycles. The molecule has 1 aromatic heterocycles. The van der Waals surface area contributed by atoms with Crippen LogP contribution < -0.4 is 10.2 Å². The summed E-state index contributed by atoms with van der Waals surface area (Å²) in [6, 6.07) is -0.0833. The van der Waals surface area contributed by atoms with Crippen molar-refractivity contribution in [3.63, 3.8) is 0 Å². The van der Waals surface area contributed by atoms with Gasteiger partial charge in [0.15, 0.2) is 11.4 Å². The third-order valence-corrected chi connectivity index (χ3v) is 5.25. The fraction of sp³-hybridized carbons (Fsp3) is 0.600. The Balaban J connectivity index is 2.51. The number of methoxy groups -OCH3 is 1. The van der Waals surface area contributed by atoms with Gasteiger partial charge in [0.2, 0.25) is 5.43 Å². The van der Waals surface area contributed by atoms with E-state index in [4.69, 9.17) is 4.74 Å².